The predicted molar refractivity (Wildman–Crippen MR) is 74.2 cm³/mol. The summed E-state index contributed by atoms with van der Waals surface area (Å²) >= 11 is 0. The molecule has 1 heterocycles. The lowest BCUT2D eigenvalue weighted by atomic mass is 10.1. The molecule has 7 heteroatoms. The van der Waals surface area contributed by atoms with E-state index in [1.165, 1.54) is 11.8 Å². The lowest BCUT2D eigenvalue weighted by molar-refractivity contribution is -0.145. The Balaban J connectivity index is 1.85. The maximum atomic E-state index is 11.6. The first-order valence-corrected chi connectivity index (χ1v) is 6.20. The zero-order chi connectivity index (χ0) is 15.2. The summed E-state index contributed by atoms with van der Waals surface area (Å²) in [5.74, 6) is -0.480. The molecule has 0 radical (unpaired) electrons. The molecule has 2 N–H and O–H groups in total. The summed E-state index contributed by atoms with van der Waals surface area (Å²) in [5, 5.41) is 3.89. The highest BCUT2D eigenvalue weighted by Gasteiger charge is 2.07. The summed E-state index contributed by atoms with van der Waals surface area (Å²) < 4.78 is 11.1. The van der Waals surface area contributed by atoms with Crippen molar-refractivity contribution in [3.05, 3.63) is 47.7 Å². The molecule has 0 aliphatic carbocycles. The Bertz CT molecular complexity index is 634. The smallest absolute Gasteiger partial charge is 0.337 e. The zero-order valence-corrected chi connectivity index (χ0v) is 11.5. The maximum absolute atomic E-state index is 11.6. The molecule has 1 aromatic heterocycles. The molecule has 7 nitrogen and oxygen atoms in total. The number of nitrogens with two attached hydrogens (primary N) is 1. The molecule has 0 aliphatic rings. The van der Waals surface area contributed by atoms with Gasteiger partial charge in [-0.2, -0.15) is 5.10 Å². The van der Waals surface area contributed by atoms with Crippen molar-refractivity contribution < 1.29 is 19.1 Å². The lowest BCUT2D eigenvalue weighted by Crippen LogP contribution is -2.14. The van der Waals surface area contributed by atoms with E-state index in [1.54, 1.807) is 36.5 Å². The van der Waals surface area contributed by atoms with Crippen molar-refractivity contribution in [3.63, 3.8) is 0 Å². The Labute approximate surface area is 121 Å². The van der Waals surface area contributed by atoms with Crippen LogP contribution in [-0.4, -0.2) is 28.8 Å². The van der Waals surface area contributed by atoms with Gasteiger partial charge in [-0.1, -0.05) is 12.1 Å². The van der Waals surface area contributed by atoms with Crippen LogP contribution in [0.4, 0.5) is 5.82 Å². The second kappa shape index (κ2) is 6.56. The van der Waals surface area contributed by atoms with Gasteiger partial charge in [0.15, 0.2) is 0 Å². The Kier molecular flexibility index (Phi) is 4.55. The minimum atomic E-state index is -0.421. The van der Waals surface area contributed by atoms with Gasteiger partial charge in [0, 0.05) is 6.20 Å². The van der Waals surface area contributed by atoms with Crippen LogP contribution in [0.5, 0.6) is 0 Å². The van der Waals surface area contributed by atoms with Crippen molar-refractivity contribution in [3.8, 4) is 0 Å². The number of hydrogen-bond donors (Lipinski definition) is 1. The third-order valence-corrected chi connectivity index (χ3v) is 2.73. The average molecular weight is 289 g/mol. The van der Waals surface area contributed by atoms with Crippen LogP contribution in [0.15, 0.2) is 36.5 Å². The van der Waals surface area contributed by atoms with Crippen LogP contribution < -0.4 is 5.73 Å². The van der Waals surface area contributed by atoms with Gasteiger partial charge in [-0.05, 0) is 23.8 Å². The number of esters is 2. The summed E-state index contributed by atoms with van der Waals surface area (Å²) in [6, 6.07) is 8.22. The number of anilines is 1. The van der Waals surface area contributed by atoms with E-state index in [1.807, 2.05) is 0 Å². The molecule has 0 fully saturated rings. The summed E-state index contributed by atoms with van der Waals surface area (Å²) in [5.41, 5.74) is 6.67. The average Bonchev–Trinajstić information content (AvgIpc) is 2.90. The highest BCUT2D eigenvalue weighted by atomic mass is 16.5. The fourth-order valence-electron chi connectivity index (χ4n) is 1.66. The van der Waals surface area contributed by atoms with E-state index < -0.39 is 11.9 Å². The van der Waals surface area contributed by atoms with Gasteiger partial charge < -0.3 is 15.2 Å². The molecule has 2 aromatic rings. The molecule has 0 saturated heterocycles. The number of aromatic nitrogens is 2. The van der Waals surface area contributed by atoms with E-state index in [0.29, 0.717) is 11.4 Å². The molecule has 0 spiro atoms. The van der Waals surface area contributed by atoms with Crippen LogP contribution in [-0.2, 0) is 27.4 Å². The predicted octanol–water partition coefficient (Wildman–Crippen LogP) is 0.995. The summed E-state index contributed by atoms with van der Waals surface area (Å²) in [7, 11) is 1.32. The molecule has 110 valence electrons. The van der Waals surface area contributed by atoms with Crippen LogP contribution in [0, 0.1) is 0 Å². The number of hydrogen-bond acceptors (Lipinski definition) is 6. The zero-order valence-electron chi connectivity index (χ0n) is 11.5. The molecular weight excluding hydrogens is 274 g/mol. The fraction of sp³-hybridized carbons (Fsp3) is 0.214. The Morgan fingerprint density at radius 3 is 2.52 bits per heavy atom. The van der Waals surface area contributed by atoms with Crippen LogP contribution in [0.1, 0.15) is 15.9 Å². The van der Waals surface area contributed by atoms with Crippen molar-refractivity contribution in [1.82, 2.24) is 9.78 Å². The highest BCUT2D eigenvalue weighted by molar-refractivity contribution is 5.89. The van der Waals surface area contributed by atoms with Crippen molar-refractivity contribution >= 4 is 17.8 Å². The Morgan fingerprint density at radius 1 is 1.24 bits per heavy atom. The summed E-state index contributed by atoms with van der Waals surface area (Å²) in [6.45, 7) is 0.120. The largest absolute Gasteiger partial charge is 0.465 e. The second-order valence-corrected chi connectivity index (χ2v) is 4.29. The van der Waals surface area contributed by atoms with Crippen molar-refractivity contribution in [2.75, 3.05) is 12.8 Å². The van der Waals surface area contributed by atoms with Crippen LogP contribution in [0.2, 0.25) is 0 Å². The first kappa shape index (κ1) is 14.6. The molecule has 0 saturated carbocycles. The van der Waals surface area contributed by atoms with E-state index in [0.717, 1.165) is 5.56 Å². The van der Waals surface area contributed by atoms with Crippen LogP contribution >= 0.6 is 0 Å². The Hall–Kier alpha value is -2.83. The summed E-state index contributed by atoms with van der Waals surface area (Å²) in [4.78, 5) is 22.9. The van der Waals surface area contributed by atoms with Crippen LogP contribution in [0.25, 0.3) is 0 Å². The fourth-order valence-corrected chi connectivity index (χ4v) is 1.66. The number of methoxy groups -OCH3 is 1. The standard InChI is InChI=1S/C14H15N3O4/c1-20-14(19)11-4-2-10(3-5-11)9-21-13(18)8-17-7-6-12(15)16-17/h2-7H,8-9H2,1H3,(H2,15,16). The van der Waals surface area contributed by atoms with Crippen LogP contribution in [0.3, 0.4) is 0 Å². The van der Waals surface area contributed by atoms with Gasteiger partial charge in [-0.15, -0.1) is 0 Å². The number of carbonyl (C=O) groups excluding carboxylic acids is 2. The number of benzene rings is 1. The van der Waals surface area contributed by atoms with E-state index in [-0.39, 0.29) is 13.2 Å². The second-order valence-electron chi connectivity index (χ2n) is 4.29. The molecule has 0 aliphatic heterocycles. The van der Waals surface area contributed by atoms with Crippen molar-refractivity contribution in [2.24, 2.45) is 0 Å². The van der Waals surface area contributed by atoms with Crippen molar-refractivity contribution in [1.29, 1.82) is 0 Å². The first-order chi connectivity index (χ1) is 10.1. The van der Waals surface area contributed by atoms with Gasteiger partial charge in [-0.25, -0.2) is 4.79 Å². The first-order valence-electron chi connectivity index (χ1n) is 6.20. The Morgan fingerprint density at radius 2 is 1.95 bits per heavy atom. The molecule has 0 bridgehead atoms. The molecular formula is C14H15N3O4. The quantitative estimate of drug-likeness (QED) is 0.825. The number of nitrogen functional groups attached to an aromatic ring is 1. The maximum Gasteiger partial charge on any atom is 0.337 e. The van der Waals surface area contributed by atoms with Crippen molar-refractivity contribution in [2.45, 2.75) is 13.2 Å². The minimum absolute atomic E-state index is 0.00254. The number of ether oxygens (including phenoxy) is 2. The minimum Gasteiger partial charge on any atom is -0.465 e. The van der Waals surface area contributed by atoms with Gasteiger partial charge >= 0.3 is 11.9 Å². The number of rotatable bonds is 5. The SMILES string of the molecule is COC(=O)c1ccc(COC(=O)Cn2ccc(N)n2)cc1. The molecule has 21 heavy (non-hydrogen) atoms. The van der Waals surface area contributed by atoms with E-state index in [9.17, 15) is 9.59 Å². The molecule has 0 amide bonds. The normalized spacial score (nSPS) is 10.1. The number of carbonyl (C=O) groups is 2. The third kappa shape index (κ3) is 4.07. The highest BCUT2D eigenvalue weighted by Crippen LogP contribution is 2.07. The van der Waals surface area contributed by atoms with Gasteiger partial charge in [0.05, 0.1) is 12.7 Å². The van der Waals surface area contributed by atoms with Gasteiger partial charge in [-0.3, -0.25) is 9.48 Å². The summed E-state index contributed by atoms with van der Waals surface area (Å²) in [6.07, 6.45) is 1.60. The van der Waals surface area contributed by atoms with E-state index in [4.69, 9.17) is 10.5 Å². The topological polar surface area (TPSA) is 96.4 Å². The molecule has 0 atom stereocenters. The van der Waals surface area contributed by atoms with E-state index in [2.05, 4.69) is 9.84 Å². The molecule has 2 rings (SSSR count). The lowest BCUT2D eigenvalue weighted by Gasteiger charge is -2.06. The van der Waals surface area contributed by atoms with Gasteiger partial charge in [0.1, 0.15) is 19.0 Å². The van der Waals surface area contributed by atoms with Gasteiger partial charge in [0.2, 0.25) is 0 Å². The third-order valence-electron chi connectivity index (χ3n) is 2.73. The molecule has 0 unspecified atom stereocenters. The van der Waals surface area contributed by atoms with E-state index >= 15 is 0 Å². The van der Waals surface area contributed by atoms with Gasteiger partial charge in [0.25, 0.3) is 0 Å². The number of nitrogens with zero attached hydrogens (tertiary/aromatic N) is 2. The molecule has 1 aromatic carbocycles. The monoisotopic (exact) mass is 289 g/mol.